The van der Waals surface area contributed by atoms with Gasteiger partial charge in [0.1, 0.15) is 18.4 Å². The summed E-state index contributed by atoms with van der Waals surface area (Å²) >= 11 is 0. The standard InChI is InChI=1S/C14H18N4O2/c1-3-11-4-5-13(19)12(6-11)14(20)17-10(2)7-18-9-15-8-16-18/h4-6,8-10,19H,3,7H2,1-2H3,(H,17,20). The fraction of sp³-hybridized carbons (Fsp3) is 0.357. The molecule has 6 heteroatoms. The maximum absolute atomic E-state index is 12.2. The van der Waals surface area contributed by atoms with Crippen LogP contribution in [0.3, 0.4) is 0 Å². The van der Waals surface area contributed by atoms with Crippen LogP contribution in [-0.4, -0.2) is 31.8 Å². The van der Waals surface area contributed by atoms with E-state index in [0.29, 0.717) is 12.1 Å². The van der Waals surface area contributed by atoms with Crippen molar-refractivity contribution in [2.75, 3.05) is 0 Å². The molecule has 0 saturated carbocycles. The van der Waals surface area contributed by atoms with Crippen LogP contribution in [0.15, 0.2) is 30.9 Å². The van der Waals surface area contributed by atoms with Crippen LogP contribution >= 0.6 is 0 Å². The fourth-order valence-corrected chi connectivity index (χ4v) is 1.94. The largest absolute Gasteiger partial charge is 0.507 e. The molecule has 0 aliphatic heterocycles. The predicted octanol–water partition coefficient (Wildman–Crippen LogP) is 1.36. The zero-order valence-corrected chi connectivity index (χ0v) is 11.6. The molecule has 0 aliphatic carbocycles. The van der Waals surface area contributed by atoms with Gasteiger partial charge in [0.2, 0.25) is 0 Å². The number of rotatable bonds is 5. The predicted molar refractivity (Wildman–Crippen MR) is 74.4 cm³/mol. The van der Waals surface area contributed by atoms with Crippen molar-refractivity contribution in [2.24, 2.45) is 0 Å². The van der Waals surface area contributed by atoms with E-state index in [2.05, 4.69) is 15.4 Å². The smallest absolute Gasteiger partial charge is 0.255 e. The summed E-state index contributed by atoms with van der Waals surface area (Å²) in [5.74, 6) is -0.293. The van der Waals surface area contributed by atoms with Gasteiger partial charge in [-0.05, 0) is 31.0 Å². The Morgan fingerprint density at radius 1 is 1.50 bits per heavy atom. The van der Waals surface area contributed by atoms with Crippen molar-refractivity contribution < 1.29 is 9.90 Å². The number of hydrogen-bond acceptors (Lipinski definition) is 4. The summed E-state index contributed by atoms with van der Waals surface area (Å²) in [5, 5.41) is 16.6. The van der Waals surface area contributed by atoms with Gasteiger partial charge in [0, 0.05) is 6.04 Å². The number of amides is 1. The lowest BCUT2D eigenvalue weighted by Crippen LogP contribution is -2.35. The number of carbonyl (C=O) groups is 1. The Bertz CT molecular complexity index is 581. The van der Waals surface area contributed by atoms with E-state index in [9.17, 15) is 9.90 Å². The van der Waals surface area contributed by atoms with Gasteiger partial charge in [-0.2, -0.15) is 5.10 Å². The third-order valence-corrected chi connectivity index (χ3v) is 3.02. The van der Waals surface area contributed by atoms with Gasteiger partial charge in [-0.25, -0.2) is 4.98 Å². The van der Waals surface area contributed by atoms with Crippen LogP contribution in [-0.2, 0) is 13.0 Å². The molecule has 1 heterocycles. The summed E-state index contributed by atoms with van der Waals surface area (Å²) in [4.78, 5) is 16.0. The number of aryl methyl sites for hydroxylation is 1. The van der Waals surface area contributed by atoms with Crippen LogP contribution in [0, 0.1) is 0 Å². The number of benzene rings is 1. The number of carbonyl (C=O) groups excluding carboxylic acids is 1. The molecule has 1 atom stereocenters. The maximum Gasteiger partial charge on any atom is 0.255 e. The lowest BCUT2D eigenvalue weighted by molar-refractivity contribution is 0.0933. The number of aromatic nitrogens is 3. The van der Waals surface area contributed by atoms with Crippen molar-refractivity contribution in [3.8, 4) is 5.75 Å². The first kappa shape index (κ1) is 14.0. The Balaban J connectivity index is 2.04. The van der Waals surface area contributed by atoms with Crippen molar-refractivity contribution in [1.29, 1.82) is 0 Å². The minimum absolute atomic E-state index is 0.00680. The third kappa shape index (κ3) is 3.34. The Morgan fingerprint density at radius 3 is 2.95 bits per heavy atom. The quantitative estimate of drug-likeness (QED) is 0.863. The molecule has 1 amide bonds. The fourth-order valence-electron chi connectivity index (χ4n) is 1.94. The molecule has 0 bridgehead atoms. The van der Waals surface area contributed by atoms with Gasteiger partial charge < -0.3 is 10.4 Å². The molecular formula is C14H18N4O2. The number of nitrogens with zero attached hydrogens (tertiary/aromatic N) is 3. The van der Waals surface area contributed by atoms with E-state index in [0.717, 1.165) is 12.0 Å². The van der Waals surface area contributed by atoms with E-state index >= 15 is 0 Å². The van der Waals surface area contributed by atoms with Crippen LogP contribution in [0.5, 0.6) is 5.75 Å². The Kier molecular flexibility index (Phi) is 4.34. The highest BCUT2D eigenvalue weighted by molar-refractivity contribution is 5.97. The molecule has 1 aromatic carbocycles. The highest BCUT2D eigenvalue weighted by Gasteiger charge is 2.14. The highest BCUT2D eigenvalue weighted by Crippen LogP contribution is 2.18. The number of nitrogens with one attached hydrogen (secondary N) is 1. The summed E-state index contributed by atoms with van der Waals surface area (Å²) in [6, 6.07) is 4.96. The van der Waals surface area contributed by atoms with Crippen molar-refractivity contribution in [3.05, 3.63) is 42.0 Å². The lowest BCUT2D eigenvalue weighted by atomic mass is 10.1. The number of phenols is 1. The molecule has 2 aromatic rings. The van der Waals surface area contributed by atoms with E-state index in [1.165, 1.54) is 6.33 Å². The summed E-state index contributed by atoms with van der Waals surface area (Å²) < 4.78 is 1.65. The van der Waals surface area contributed by atoms with Crippen molar-refractivity contribution in [2.45, 2.75) is 32.9 Å². The average molecular weight is 274 g/mol. The van der Waals surface area contributed by atoms with E-state index in [-0.39, 0.29) is 17.7 Å². The zero-order valence-electron chi connectivity index (χ0n) is 11.6. The molecule has 0 radical (unpaired) electrons. The van der Waals surface area contributed by atoms with Crippen LogP contribution < -0.4 is 5.32 Å². The summed E-state index contributed by atoms with van der Waals surface area (Å²) in [7, 11) is 0. The first-order valence-electron chi connectivity index (χ1n) is 6.55. The lowest BCUT2D eigenvalue weighted by Gasteiger charge is -2.14. The molecule has 20 heavy (non-hydrogen) atoms. The van der Waals surface area contributed by atoms with Gasteiger partial charge in [0.25, 0.3) is 5.91 Å². The second-order valence-corrected chi connectivity index (χ2v) is 4.70. The minimum Gasteiger partial charge on any atom is -0.507 e. The summed E-state index contributed by atoms with van der Waals surface area (Å²) in [6.07, 6.45) is 3.86. The molecule has 1 unspecified atom stereocenters. The van der Waals surface area contributed by atoms with Gasteiger partial charge >= 0.3 is 0 Å². The van der Waals surface area contributed by atoms with Gasteiger partial charge in [-0.3, -0.25) is 9.48 Å². The SMILES string of the molecule is CCc1ccc(O)c(C(=O)NC(C)Cn2cncn2)c1. The molecule has 1 aromatic heterocycles. The van der Waals surface area contributed by atoms with Crippen LogP contribution in [0.1, 0.15) is 29.8 Å². The van der Waals surface area contributed by atoms with Crippen molar-refractivity contribution in [1.82, 2.24) is 20.1 Å². The van der Waals surface area contributed by atoms with Crippen molar-refractivity contribution >= 4 is 5.91 Å². The van der Waals surface area contributed by atoms with Gasteiger partial charge in [0.05, 0.1) is 12.1 Å². The van der Waals surface area contributed by atoms with Gasteiger partial charge in [0.15, 0.2) is 0 Å². The molecule has 0 fully saturated rings. The van der Waals surface area contributed by atoms with E-state index in [4.69, 9.17) is 0 Å². The Hall–Kier alpha value is -2.37. The molecular weight excluding hydrogens is 256 g/mol. The van der Waals surface area contributed by atoms with E-state index < -0.39 is 0 Å². The first-order chi connectivity index (χ1) is 9.60. The molecule has 106 valence electrons. The van der Waals surface area contributed by atoms with Gasteiger partial charge in [-0.15, -0.1) is 0 Å². The second kappa shape index (κ2) is 6.18. The monoisotopic (exact) mass is 274 g/mol. The Morgan fingerprint density at radius 2 is 2.30 bits per heavy atom. The summed E-state index contributed by atoms with van der Waals surface area (Å²) in [6.45, 7) is 4.40. The highest BCUT2D eigenvalue weighted by atomic mass is 16.3. The maximum atomic E-state index is 12.2. The van der Waals surface area contributed by atoms with Crippen LogP contribution in [0.2, 0.25) is 0 Å². The van der Waals surface area contributed by atoms with Crippen LogP contribution in [0.25, 0.3) is 0 Å². The normalized spacial score (nSPS) is 12.1. The molecule has 2 N–H and O–H groups in total. The molecule has 2 rings (SSSR count). The van der Waals surface area contributed by atoms with Crippen LogP contribution in [0.4, 0.5) is 0 Å². The molecule has 0 spiro atoms. The van der Waals surface area contributed by atoms with Crippen molar-refractivity contribution in [3.63, 3.8) is 0 Å². The van der Waals surface area contributed by atoms with E-state index in [1.54, 1.807) is 23.1 Å². The Labute approximate surface area is 117 Å². The van der Waals surface area contributed by atoms with E-state index in [1.807, 2.05) is 19.9 Å². The molecule has 0 saturated heterocycles. The number of aromatic hydroxyl groups is 1. The minimum atomic E-state index is -0.287. The van der Waals surface area contributed by atoms with Gasteiger partial charge in [-0.1, -0.05) is 13.0 Å². The number of phenolic OH excluding ortho intramolecular Hbond substituents is 1. The summed E-state index contributed by atoms with van der Waals surface area (Å²) in [5.41, 5.74) is 1.31. The second-order valence-electron chi connectivity index (χ2n) is 4.70. The molecule has 6 nitrogen and oxygen atoms in total. The molecule has 0 aliphatic rings. The topological polar surface area (TPSA) is 80.0 Å². The third-order valence-electron chi connectivity index (χ3n) is 3.02. The average Bonchev–Trinajstić information content (AvgIpc) is 2.91. The zero-order chi connectivity index (χ0) is 14.5. The number of hydrogen-bond donors (Lipinski definition) is 2. The first-order valence-corrected chi connectivity index (χ1v) is 6.55.